The lowest BCUT2D eigenvalue weighted by atomic mass is 10.1. The van der Waals surface area contributed by atoms with Crippen LogP contribution in [0, 0.1) is 11.3 Å². The lowest BCUT2D eigenvalue weighted by molar-refractivity contribution is 0.0592. The van der Waals surface area contributed by atoms with E-state index in [1.807, 2.05) is 36.4 Å². The maximum Gasteiger partial charge on any atom is 0.357 e. The summed E-state index contributed by atoms with van der Waals surface area (Å²) in [6.07, 6.45) is 1.44. The fourth-order valence-electron chi connectivity index (χ4n) is 3.10. The molecule has 0 aliphatic carbocycles. The van der Waals surface area contributed by atoms with Crippen molar-refractivity contribution in [1.29, 1.82) is 5.26 Å². The molecule has 0 bridgehead atoms. The molecule has 0 spiro atoms. The molecule has 0 aliphatic heterocycles. The molecule has 0 aliphatic rings. The number of hydrogen-bond donors (Lipinski definition) is 1. The summed E-state index contributed by atoms with van der Waals surface area (Å²) in [5.74, 6) is -0.921. The maximum absolute atomic E-state index is 13.2. The van der Waals surface area contributed by atoms with Gasteiger partial charge in [0.2, 0.25) is 0 Å². The number of nitriles is 1. The normalized spacial score (nSPS) is 10.2. The predicted octanol–water partition coefficient (Wildman–Crippen LogP) is 2.99. The molecular weight excluding hydrogens is 368 g/mol. The number of nitrogen functional groups attached to an aromatic ring is 1. The first-order chi connectivity index (χ1) is 14.0. The molecule has 3 rings (SSSR count). The minimum absolute atomic E-state index is 0.00927. The zero-order valence-electron chi connectivity index (χ0n) is 16.1. The van der Waals surface area contributed by atoms with Crippen LogP contribution in [0.4, 0.5) is 5.69 Å². The number of esters is 1. The van der Waals surface area contributed by atoms with Crippen molar-refractivity contribution in [3.05, 3.63) is 83.2 Å². The Labute approximate surface area is 168 Å². The average molecular weight is 388 g/mol. The molecule has 0 saturated heterocycles. The first-order valence-corrected chi connectivity index (χ1v) is 8.86. The van der Waals surface area contributed by atoms with E-state index in [2.05, 4.69) is 0 Å². The molecular formula is C22H20N4O3. The molecule has 1 amide bonds. The van der Waals surface area contributed by atoms with Gasteiger partial charge in [0, 0.05) is 19.8 Å². The first kappa shape index (κ1) is 19.7. The predicted molar refractivity (Wildman–Crippen MR) is 108 cm³/mol. The van der Waals surface area contributed by atoms with E-state index in [1.54, 1.807) is 36.2 Å². The molecule has 7 heteroatoms. The van der Waals surface area contributed by atoms with Crippen LogP contribution in [0.3, 0.4) is 0 Å². The third-order valence-electron chi connectivity index (χ3n) is 4.55. The van der Waals surface area contributed by atoms with Crippen molar-refractivity contribution in [3.8, 4) is 11.8 Å². The van der Waals surface area contributed by atoms with Gasteiger partial charge in [0.05, 0.1) is 29.6 Å². The van der Waals surface area contributed by atoms with Gasteiger partial charge in [-0.1, -0.05) is 42.5 Å². The number of nitrogens with zero attached hydrogens (tertiary/aromatic N) is 3. The molecule has 2 aromatic carbocycles. The van der Waals surface area contributed by atoms with E-state index in [4.69, 9.17) is 10.5 Å². The van der Waals surface area contributed by atoms with Crippen molar-refractivity contribution in [2.75, 3.05) is 19.9 Å². The fourth-order valence-corrected chi connectivity index (χ4v) is 3.10. The standard InChI is InChI=1S/C22H20N4O3/c1-25(13-15-8-4-3-5-9-15)21(27)17-10-6-7-11-18(17)26-14-16(12-23)19(24)20(26)22(28)29-2/h3-11,14H,13,24H2,1-2H3. The highest BCUT2D eigenvalue weighted by atomic mass is 16.5. The van der Waals surface area contributed by atoms with Crippen LogP contribution in [0.1, 0.15) is 32.0 Å². The van der Waals surface area contributed by atoms with Crippen LogP contribution in [0.5, 0.6) is 0 Å². The van der Waals surface area contributed by atoms with Crippen molar-refractivity contribution >= 4 is 17.6 Å². The van der Waals surface area contributed by atoms with Gasteiger partial charge in [-0.15, -0.1) is 0 Å². The second kappa shape index (κ2) is 8.31. The highest BCUT2D eigenvalue weighted by Crippen LogP contribution is 2.27. The number of aromatic nitrogens is 1. The van der Waals surface area contributed by atoms with Gasteiger partial charge in [0.25, 0.3) is 5.91 Å². The number of anilines is 1. The summed E-state index contributed by atoms with van der Waals surface area (Å²) in [4.78, 5) is 27.0. The quantitative estimate of drug-likeness (QED) is 0.677. The second-order valence-corrected chi connectivity index (χ2v) is 6.44. The van der Waals surface area contributed by atoms with Gasteiger partial charge in [-0.25, -0.2) is 4.79 Å². The van der Waals surface area contributed by atoms with Crippen LogP contribution in [-0.4, -0.2) is 35.5 Å². The van der Waals surface area contributed by atoms with Gasteiger partial charge < -0.3 is 19.9 Å². The van der Waals surface area contributed by atoms with E-state index >= 15 is 0 Å². The Bertz CT molecular complexity index is 1100. The highest BCUT2D eigenvalue weighted by Gasteiger charge is 2.25. The van der Waals surface area contributed by atoms with E-state index < -0.39 is 5.97 Å². The van der Waals surface area contributed by atoms with E-state index in [-0.39, 0.29) is 22.9 Å². The Morgan fingerprint density at radius 2 is 1.79 bits per heavy atom. The minimum atomic E-state index is -0.691. The number of nitrogens with two attached hydrogens (primary N) is 1. The number of carbonyl (C=O) groups excluding carboxylic acids is 2. The van der Waals surface area contributed by atoms with Gasteiger partial charge in [0.15, 0.2) is 5.69 Å². The van der Waals surface area contributed by atoms with Crippen molar-refractivity contribution in [2.24, 2.45) is 0 Å². The van der Waals surface area contributed by atoms with E-state index in [9.17, 15) is 14.9 Å². The molecule has 0 unspecified atom stereocenters. The average Bonchev–Trinajstić information content (AvgIpc) is 3.09. The van der Waals surface area contributed by atoms with E-state index in [0.29, 0.717) is 17.8 Å². The van der Waals surface area contributed by atoms with Crippen LogP contribution in [0.25, 0.3) is 5.69 Å². The zero-order valence-corrected chi connectivity index (χ0v) is 16.1. The fraction of sp³-hybridized carbons (Fsp3) is 0.136. The number of benzene rings is 2. The van der Waals surface area contributed by atoms with Gasteiger partial charge in [-0.05, 0) is 17.7 Å². The summed E-state index contributed by atoms with van der Waals surface area (Å²) in [5.41, 5.74) is 7.93. The molecule has 0 atom stereocenters. The molecule has 146 valence electrons. The van der Waals surface area contributed by atoms with Crippen molar-refractivity contribution in [2.45, 2.75) is 6.54 Å². The number of ether oxygens (including phenoxy) is 1. The Hall–Kier alpha value is -4.05. The summed E-state index contributed by atoms with van der Waals surface area (Å²) in [6.45, 7) is 0.426. The summed E-state index contributed by atoms with van der Waals surface area (Å²) >= 11 is 0. The number of rotatable bonds is 5. The zero-order chi connectivity index (χ0) is 21.0. The topological polar surface area (TPSA) is 101 Å². The lowest BCUT2D eigenvalue weighted by Crippen LogP contribution is -2.27. The van der Waals surface area contributed by atoms with Gasteiger partial charge in [-0.2, -0.15) is 5.26 Å². The van der Waals surface area contributed by atoms with Crippen LogP contribution in [0.2, 0.25) is 0 Å². The number of hydrogen-bond acceptors (Lipinski definition) is 5. The molecule has 3 aromatic rings. The number of amides is 1. The number of methoxy groups -OCH3 is 1. The smallest absolute Gasteiger partial charge is 0.357 e. The molecule has 0 saturated carbocycles. The van der Waals surface area contributed by atoms with E-state index in [0.717, 1.165) is 5.56 Å². The molecule has 29 heavy (non-hydrogen) atoms. The first-order valence-electron chi connectivity index (χ1n) is 8.86. The Morgan fingerprint density at radius 1 is 1.14 bits per heavy atom. The summed E-state index contributed by atoms with van der Waals surface area (Å²) in [7, 11) is 2.94. The van der Waals surface area contributed by atoms with Crippen molar-refractivity contribution in [3.63, 3.8) is 0 Å². The SMILES string of the molecule is COC(=O)c1c(N)c(C#N)cn1-c1ccccc1C(=O)N(C)Cc1ccccc1. The number of carbonyl (C=O) groups is 2. The minimum Gasteiger partial charge on any atom is -0.464 e. The summed E-state index contributed by atoms with van der Waals surface area (Å²) in [5, 5.41) is 9.32. The maximum atomic E-state index is 13.2. The third-order valence-corrected chi connectivity index (χ3v) is 4.55. The molecule has 0 fully saturated rings. The molecule has 0 radical (unpaired) electrons. The van der Waals surface area contributed by atoms with Crippen molar-refractivity contribution < 1.29 is 14.3 Å². The molecule has 7 nitrogen and oxygen atoms in total. The van der Waals surface area contributed by atoms with Gasteiger partial charge in [-0.3, -0.25) is 4.79 Å². The van der Waals surface area contributed by atoms with Crippen LogP contribution in [0.15, 0.2) is 60.8 Å². The van der Waals surface area contributed by atoms with Crippen LogP contribution < -0.4 is 5.73 Å². The van der Waals surface area contributed by atoms with Gasteiger partial charge >= 0.3 is 5.97 Å². The lowest BCUT2D eigenvalue weighted by Gasteiger charge is -2.20. The Balaban J connectivity index is 2.05. The van der Waals surface area contributed by atoms with Crippen LogP contribution >= 0.6 is 0 Å². The summed E-state index contributed by atoms with van der Waals surface area (Å²) < 4.78 is 6.25. The number of para-hydroxylation sites is 1. The Kier molecular flexibility index (Phi) is 5.65. The molecule has 2 N–H and O–H groups in total. The van der Waals surface area contributed by atoms with E-state index in [1.165, 1.54) is 17.9 Å². The van der Waals surface area contributed by atoms with Crippen LogP contribution in [-0.2, 0) is 11.3 Å². The van der Waals surface area contributed by atoms with Crippen molar-refractivity contribution in [1.82, 2.24) is 9.47 Å². The molecule has 1 aromatic heterocycles. The Morgan fingerprint density at radius 3 is 2.45 bits per heavy atom. The summed E-state index contributed by atoms with van der Waals surface area (Å²) in [6, 6.07) is 18.4. The monoisotopic (exact) mass is 388 g/mol. The second-order valence-electron chi connectivity index (χ2n) is 6.44. The largest absolute Gasteiger partial charge is 0.464 e. The van der Waals surface area contributed by atoms with Gasteiger partial charge in [0.1, 0.15) is 6.07 Å². The highest BCUT2D eigenvalue weighted by molar-refractivity contribution is 6.00. The molecule has 1 heterocycles. The third kappa shape index (κ3) is 3.82.